The van der Waals surface area contributed by atoms with Crippen molar-refractivity contribution in [1.82, 2.24) is 4.72 Å². The van der Waals surface area contributed by atoms with Crippen LogP contribution in [0.25, 0.3) is 0 Å². The zero-order chi connectivity index (χ0) is 18.6. The third-order valence-corrected chi connectivity index (χ3v) is 5.82. The smallest absolute Gasteiger partial charge is 0.269 e. The van der Waals surface area contributed by atoms with Crippen LogP contribution in [0.1, 0.15) is 12.0 Å². The molecule has 2 aromatic rings. The Morgan fingerprint density at radius 2 is 1.81 bits per heavy atom. The first kappa shape index (κ1) is 18.3. The molecule has 0 saturated carbocycles. The second kappa shape index (κ2) is 7.84. The zero-order valence-electron chi connectivity index (χ0n) is 14.2. The second-order valence-corrected chi connectivity index (χ2v) is 8.27. The van der Waals surface area contributed by atoms with Crippen LogP contribution in [0, 0.1) is 16.0 Å². The molecule has 1 heterocycles. The van der Waals surface area contributed by atoms with Crippen molar-refractivity contribution in [3.8, 4) is 0 Å². The lowest BCUT2D eigenvalue weighted by Gasteiger charge is -2.18. The topological polar surface area (TPSA) is 92.5 Å². The van der Waals surface area contributed by atoms with E-state index in [0.717, 1.165) is 25.2 Å². The van der Waals surface area contributed by atoms with Crippen molar-refractivity contribution in [3.05, 3.63) is 70.3 Å². The highest BCUT2D eigenvalue weighted by Gasteiger charge is 2.24. The molecule has 0 aromatic heterocycles. The number of para-hydroxylation sites is 1. The van der Waals surface area contributed by atoms with Crippen molar-refractivity contribution in [2.24, 2.45) is 5.92 Å². The third-order valence-electron chi connectivity index (χ3n) is 4.50. The number of nitrogens with zero attached hydrogens (tertiary/aromatic N) is 2. The number of nitro groups is 1. The standard InChI is InChI=1S/C18H21N3O4S/c22-21(23)18-8-6-15(7-9-18)14-26(24,25)19-12-16-10-11-20(13-16)17-4-2-1-3-5-17/h1-9,16,19H,10-14H2/t16-/m0/s1. The van der Waals surface area contributed by atoms with Gasteiger partial charge in [0.25, 0.3) is 5.69 Å². The number of nitro benzene ring substituents is 1. The first-order chi connectivity index (χ1) is 12.4. The van der Waals surface area contributed by atoms with Gasteiger partial charge in [-0.1, -0.05) is 30.3 Å². The summed E-state index contributed by atoms with van der Waals surface area (Å²) < 4.78 is 27.2. The monoisotopic (exact) mass is 375 g/mol. The number of sulfonamides is 1. The van der Waals surface area contributed by atoms with Gasteiger partial charge < -0.3 is 4.90 Å². The summed E-state index contributed by atoms with van der Waals surface area (Å²) in [5.74, 6) is 0.0852. The molecule has 1 aliphatic heterocycles. The molecule has 2 aromatic carbocycles. The highest BCUT2D eigenvalue weighted by molar-refractivity contribution is 7.88. The fraction of sp³-hybridized carbons (Fsp3) is 0.333. The average Bonchev–Trinajstić information content (AvgIpc) is 3.10. The van der Waals surface area contributed by atoms with Gasteiger partial charge in [-0.25, -0.2) is 13.1 Å². The minimum atomic E-state index is -3.48. The van der Waals surface area contributed by atoms with Crippen LogP contribution in [0.5, 0.6) is 0 Å². The average molecular weight is 375 g/mol. The lowest BCUT2D eigenvalue weighted by Crippen LogP contribution is -2.31. The summed E-state index contributed by atoms with van der Waals surface area (Å²) in [4.78, 5) is 12.4. The summed E-state index contributed by atoms with van der Waals surface area (Å²) in [7, 11) is -3.48. The van der Waals surface area contributed by atoms with Crippen LogP contribution in [-0.4, -0.2) is 33.0 Å². The fourth-order valence-electron chi connectivity index (χ4n) is 3.10. The Balaban J connectivity index is 1.51. The van der Waals surface area contributed by atoms with Gasteiger partial charge >= 0.3 is 0 Å². The van der Waals surface area contributed by atoms with Gasteiger partial charge in [0.05, 0.1) is 10.7 Å². The molecule has 0 unspecified atom stereocenters. The number of non-ortho nitro benzene ring substituents is 1. The van der Waals surface area contributed by atoms with Gasteiger partial charge in [-0.2, -0.15) is 0 Å². The van der Waals surface area contributed by atoms with Crippen LogP contribution in [-0.2, 0) is 15.8 Å². The van der Waals surface area contributed by atoms with Crippen LogP contribution in [0.15, 0.2) is 54.6 Å². The van der Waals surface area contributed by atoms with Gasteiger partial charge in [-0.3, -0.25) is 10.1 Å². The van der Waals surface area contributed by atoms with Crippen LogP contribution in [0.4, 0.5) is 11.4 Å². The lowest BCUT2D eigenvalue weighted by atomic mass is 10.1. The van der Waals surface area contributed by atoms with Crippen molar-refractivity contribution in [3.63, 3.8) is 0 Å². The van der Waals surface area contributed by atoms with E-state index < -0.39 is 14.9 Å². The molecule has 0 spiro atoms. The summed E-state index contributed by atoms with van der Waals surface area (Å²) >= 11 is 0. The number of hydrogen-bond acceptors (Lipinski definition) is 5. The highest BCUT2D eigenvalue weighted by Crippen LogP contribution is 2.23. The van der Waals surface area contributed by atoms with E-state index in [1.165, 1.54) is 24.3 Å². The molecule has 1 saturated heterocycles. The number of rotatable bonds is 7. The summed E-state index contributed by atoms with van der Waals surface area (Å²) in [5.41, 5.74) is 1.63. The molecule has 0 radical (unpaired) electrons. The van der Waals surface area contributed by atoms with E-state index in [4.69, 9.17) is 0 Å². The minimum Gasteiger partial charge on any atom is -0.371 e. The second-order valence-electron chi connectivity index (χ2n) is 6.47. The van der Waals surface area contributed by atoms with Gasteiger partial charge in [0, 0.05) is 37.5 Å². The molecule has 3 rings (SSSR count). The highest BCUT2D eigenvalue weighted by atomic mass is 32.2. The minimum absolute atomic E-state index is 0.0499. The van der Waals surface area contributed by atoms with Crippen molar-refractivity contribution < 1.29 is 13.3 Å². The maximum atomic E-state index is 12.3. The maximum absolute atomic E-state index is 12.3. The molecule has 0 amide bonds. The van der Waals surface area contributed by atoms with E-state index in [-0.39, 0.29) is 17.4 Å². The van der Waals surface area contributed by atoms with Gasteiger partial charge in [0.2, 0.25) is 10.0 Å². The van der Waals surface area contributed by atoms with E-state index in [0.29, 0.717) is 12.1 Å². The molecule has 8 heteroatoms. The number of nitrogens with one attached hydrogen (secondary N) is 1. The Hall–Kier alpha value is -2.45. The molecule has 138 valence electrons. The van der Waals surface area contributed by atoms with E-state index in [2.05, 4.69) is 21.8 Å². The molecule has 7 nitrogen and oxygen atoms in total. The molecule has 1 aliphatic rings. The van der Waals surface area contributed by atoms with Gasteiger partial charge in [-0.15, -0.1) is 0 Å². The summed E-state index contributed by atoms with van der Waals surface area (Å²) in [6.45, 7) is 2.14. The molecule has 0 aliphatic carbocycles. The van der Waals surface area contributed by atoms with Crippen LogP contribution >= 0.6 is 0 Å². The van der Waals surface area contributed by atoms with E-state index >= 15 is 0 Å². The van der Waals surface area contributed by atoms with E-state index in [1.807, 2.05) is 18.2 Å². The van der Waals surface area contributed by atoms with Gasteiger partial charge in [-0.05, 0) is 30.0 Å². The van der Waals surface area contributed by atoms with Crippen molar-refractivity contribution >= 4 is 21.4 Å². The summed E-state index contributed by atoms with van der Waals surface area (Å²) in [5, 5.41) is 10.6. The first-order valence-electron chi connectivity index (χ1n) is 8.43. The molecule has 1 fully saturated rings. The molecule has 0 bridgehead atoms. The largest absolute Gasteiger partial charge is 0.371 e. The first-order valence-corrected chi connectivity index (χ1v) is 10.1. The Labute approximate surface area is 152 Å². The van der Waals surface area contributed by atoms with Crippen LogP contribution in [0.2, 0.25) is 0 Å². The number of benzene rings is 2. The Kier molecular flexibility index (Phi) is 5.53. The molecular weight excluding hydrogens is 354 g/mol. The zero-order valence-corrected chi connectivity index (χ0v) is 15.1. The van der Waals surface area contributed by atoms with Gasteiger partial charge in [0.15, 0.2) is 0 Å². The van der Waals surface area contributed by atoms with Crippen LogP contribution < -0.4 is 9.62 Å². The molecule has 1 atom stereocenters. The van der Waals surface area contributed by atoms with Crippen molar-refractivity contribution in [2.45, 2.75) is 12.2 Å². The van der Waals surface area contributed by atoms with Crippen LogP contribution in [0.3, 0.4) is 0 Å². The fourth-order valence-corrected chi connectivity index (χ4v) is 4.32. The molecular formula is C18H21N3O4S. The number of anilines is 1. The Bertz CT molecular complexity index is 854. The van der Waals surface area contributed by atoms with Crippen molar-refractivity contribution in [1.29, 1.82) is 0 Å². The predicted octanol–water partition coefficient (Wildman–Crippen LogP) is 2.54. The third kappa shape index (κ3) is 4.80. The van der Waals surface area contributed by atoms with Crippen molar-refractivity contribution in [2.75, 3.05) is 24.5 Å². The SMILES string of the molecule is O=[N+]([O-])c1ccc(CS(=O)(=O)NC[C@@H]2CCN(c3ccccc3)C2)cc1. The van der Waals surface area contributed by atoms with E-state index in [9.17, 15) is 18.5 Å². The molecule has 1 N–H and O–H groups in total. The Morgan fingerprint density at radius 3 is 2.46 bits per heavy atom. The van der Waals surface area contributed by atoms with E-state index in [1.54, 1.807) is 0 Å². The summed E-state index contributed by atoms with van der Waals surface area (Å²) in [6, 6.07) is 15.7. The Morgan fingerprint density at radius 1 is 1.12 bits per heavy atom. The number of hydrogen-bond donors (Lipinski definition) is 1. The normalized spacial score (nSPS) is 17.4. The lowest BCUT2D eigenvalue weighted by molar-refractivity contribution is -0.384. The maximum Gasteiger partial charge on any atom is 0.269 e. The quantitative estimate of drug-likeness (QED) is 0.593. The summed E-state index contributed by atoms with van der Waals surface area (Å²) in [6.07, 6.45) is 0.939. The molecule has 26 heavy (non-hydrogen) atoms. The predicted molar refractivity (Wildman–Crippen MR) is 100 cm³/mol. The van der Waals surface area contributed by atoms with Gasteiger partial charge in [0.1, 0.15) is 0 Å².